The number of halogens is 4. The van der Waals surface area contributed by atoms with E-state index in [1.807, 2.05) is 0 Å². The Morgan fingerprint density at radius 3 is 2.33 bits per heavy atom. The van der Waals surface area contributed by atoms with Gasteiger partial charge in [0.05, 0.1) is 0 Å². The highest BCUT2D eigenvalue weighted by Crippen LogP contribution is 2.26. The largest absolute Gasteiger partial charge is 0.269 e. The molecule has 0 spiro atoms. The van der Waals surface area contributed by atoms with E-state index in [4.69, 9.17) is 11.1 Å². The van der Waals surface area contributed by atoms with Crippen molar-refractivity contribution in [2.24, 2.45) is 0 Å². The van der Waals surface area contributed by atoms with Gasteiger partial charge in [-0.3, -0.25) is 0 Å². The first-order valence-electron chi connectivity index (χ1n) is 3.61. The van der Waals surface area contributed by atoms with E-state index in [9.17, 15) is 13.2 Å². The monoisotopic (exact) mass is 216 g/mol. The van der Waals surface area contributed by atoms with Crippen LogP contribution < -0.4 is 0 Å². The van der Waals surface area contributed by atoms with Crippen molar-refractivity contribution in [1.82, 2.24) is 0 Å². The molecular formula is C7H12ClF3Si. The Morgan fingerprint density at radius 2 is 2.00 bits per heavy atom. The van der Waals surface area contributed by atoms with Gasteiger partial charge >= 0.3 is 0 Å². The molecule has 2 unspecified atom stereocenters. The molecule has 0 radical (unpaired) electrons. The van der Waals surface area contributed by atoms with Crippen molar-refractivity contribution in [3.05, 3.63) is 12.7 Å². The molecule has 0 saturated carbocycles. The molecule has 0 amide bonds. The lowest BCUT2D eigenvalue weighted by atomic mass is 10.5. The first kappa shape index (κ1) is 12.0. The lowest BCUT2D eigenvalue weighted by Crippen LogP contribution is -2.28. The van der Waals surface area contributed by atoms with Crippen LogP contribution in [0.2, 0.25) is 18.6 Å². The number of rotatable bonds is 5. The fourth-order valence-electron chi connectivity index (χ4n) is 0.880. The molecule has 0 nitrogen and oxygen atoms in total. The van der Waals surface area contributed by atoms with E-state index in [0.29, 0.717) is 6.04 Å². The van der Waals surface area contributed by atoms with Gasteiger partial charge in [-0.25, -0.2) is 13.2 Å². The fourth-order valence-corrected chi connectivity index (χ4v) is 3.41. The summed E-state index contributed by atoms with van der Waals surface area (Å²) in [7, 11) is -2.33. The van der Waals surface area contributed by atoms with Crippen LogP contribution in [0.1, 0.15) is 0 Å². The second-order valence-corrected chi connectivity index (χ2v) is 9.34. The molecule has 0 heterocycles. The third-order valence-electron chi connectivity index (χ3n) is 1.46. The summed E-state index contributed by atoms with van der Waals surface area (Å²) in [6, 6.07) is 0.250. The average molecular weight is 217 g/mol. The molecule has 0 saturated heterocycles. The van der Waals surface area contributed by atoms with Crippen LogP contribution in [-0.2, 0) is 0 Å². The number of allylic oxidation sites excluding steroid dienone is 1. The number of hydrogen-bond donors (Lipinski definition) is 0. The van der Waals surface area contributed by atoms with Crippen molar-refractivity contribution in [3.63, 3.8) is 0 Å². The Bertz CT molecular complexity index is 150. The molecule has 0 aliphatic heterocycles. The molecule has 5 heteroatoms. The summed E-state index contributed by atoms with van der Waals surface area (Å²) in [4.78, 5) is 0. The second-order valence-electron chi connectivity index (χ2n) is 2.96. The van der Waals surface area contributed by atoms with Crippen molar-refractivity contribution in [1.29, 1.82) is 0 Å². The maximum atomic E-state index is 12.5. The molecule has 0 aromatic carbocycles. The Labute approximate surface area is 76.1 Å². The lowest BCUT2D eigenvalue weighted by Gasteiger charge is -2.19. The second kappa shape index (κ2) is 4.92. The van der Waals surface area contributed by atoms with Crippen molar-refractivity contribution < 1.29 is 13.2 Å². The molecule has 0 aromatic rings. The summed E-state index contributed by atoms with van der Waals surface area (Å²) >= 11 is 5.87. The maximum Gasteiger partial charge on any atom is 0.269 e. The zero-order chi connectivity index (χ0) is 9.78. The lowest BCUT2D eigenvalue weighted by molar-refractivity contribution is 0.0597. The first-order chi connectivity index (χ1) is 5.39. The molecule has 0 aromatic heterocycles. The van der Waals surface area contributed by atoms with Gasteiger partial charge in [0.15, 0.2) is 13.6 Å². The zero-order valence-electron chi connectivity index (χ0n) is 6.87. The van der Waals surface area contributed by atoms with Crippen molar-refractivity contribution in [2.45, 2.75) is 31.2 Å². The van der Waals surface area contributed by atoms with E-state index >= 15 is 0 Å². The predicted octanol–water partition coefficient (Wildman–Crippen LogP) is 3.59. The van der Waals surface area contributed by atoms with Gasteiger partial charge in [0.2, 0.25) is 0 Å². The number of hydrogen-bond acceptors (Lipinski definition) is 0. The number of alkyl halides is 3. The van der Waals surface area contributed by atoms with Crippen molar-refractivity contribution in [3.8, 4) is 0 Å². The van der Waals surface area contributed by atoms with Crippen LogP contribution in [-0.4, -0.2) is 20.0 Å². The molecule has 12 heavy (non-hydrogen) atoms. The Hall–Kier alpha value is 0.0369. The summed E-state index contributed by atoms with van der Waals surface area (Å²) < 4.78 is 36.0. The van der Waals surface area contributed by atoms with E-state index in [-0.39, 0.29) is 6.04 Å². The molecule has 0 bridgehead atoms. The molecular weight excluding hydrogens is 205 g/mol. The zero-order valence-corrected chi connectivity index (χ0v) is 8.62. The van der Waals surface area contributed by atoms with Gasteiger partial charge in [-0.2, -0.15) is 11.1 Å². The van der Waals surface area contributed by atoms with Crippen molar-refractivity contribution in [2.75, 3.05) is 0 Å². The van der Waals surface area contributed by atoms with Gasteiger partial charge in [0.1, 0.15) is 0 Å². The van der Waals surface area contributed by atoms with E-state index in [1.54, 1.807) is 12.6 Å². The fraction of sp³-hybridized carbons (Fsp3) is 0.714. The molecule has 72 valence electrons. The summed E-state index contributed by atoms with van der Waals surface area (Å²) in [5.74, 6) is 0. The highest BCUT2D eigenvalue weighted by molar-refractivity contribution is 7.20. The van der Waals surface area contributed by atoms with Crippen LogP contribution in [0.4, 0.5) is 13.2 Å². The Kier molecular flexibility index (Phi) is 4.93. The van der Waals surface area contributed by atoms with Crippen LogP contribution >= 0.6 is 11.1 Å². The van der Waals surface area contributed by atoms with E-state index < -0.39 is 20.0 Å². The minimum Gasteiger partial charge on any atom is -0.241 e. The Morgan fingerprint density at radius 1 is 1.50 bits per heavy atom. The van der Waals surface area contributed by atoms with Crippen LogP contribution in [0.15, 0.2) is 12.7 Å². The minimum absolute atomic E-state index is 0.210. The minimum atomic E-state index is -2.92. The van der Waals surface area contributed by atoms with Crippen LogP contribution in [0.5, 0.6) is 0 Å². The topological polar surface area (TPSA) is 0 Å². The van der Waals surface area contributed by atoms with Crippen LogP contribution in [0, 0.1) is 0 Å². The summed E-state index contributed by atoms with van der Waals surface area (Å²) in [5, 5.41) is 0. The molecule has 0 rings (SSSR count). The summed E-state index contributed by atoms with van der Waals surface area (Å²) in [6.07, 6.45) is -3.45. The van der Waals surface area contributed by atoms with Gasteiger partial charge in [-0.1, -0.05) is 12.6 Å². The summed E-state index contributed by atoms with van der Waals surface area (Å²) in [6.45, 7) is 5.10. The smallest absolute Gasteiger partial charge is 0.241 e. The summed E-state index contributed by atoms with van der Waals surface area (Å²) in [5.41, 5.74) is 0. The highest BCUT2D eigenvalue weighted by Gasteiger charge is 2.31. The van der Waals surface area contributed by atoms with Gasteiger partial charge < -0.3 is 0 Å². The third-order valence-corrected chi connectivity index (χ3v) is 4.77. The molecule has 0 aliphatic rings. The average Bonchev–Trinajstić information content (AvgIpc) is 1.85. The van der Waals surface area contributed by atoms with E-state index in [1.165, 1.54) is 0 Å². The van der Waals surface area contributed by atoms with Gasteiger partial charge in [0, 0.05) is 0 Å². The molecule has 2 atom stereocenters. The molecule has 0 aliphatic carbocycles. The maximum absolute atomic E-state index is 12.5. The van der Waals surface area contributed by atoms with Gasteiger partial charge in [0.25, 0.3) is 6.43 Å². The third kappa shape index (κ3) is 4.82. The predicted molar refractivity (Wildman–Crippen MR) is 48.2 cm³/mol. The molecule has 0 N–H and O–H groups in total. The standard InChI is InChI=1S/C7H12ClF3Si/c1-3-4-12(2,8)5-6(9)7(10)11/h3,6-7H,1,4-5H2,2H3. The normalized spacial score (nSPS) is 18.8. The van der Waals surface area contributed by atoms with Crippen LogP contribution in [0.25, 0.3) is 0 Å². The highest BCUT2D eigenvalue weighted by atomic mass is 35.6. The van der Waals surface area contributed by atoms with Gasteiger partial charge in [-0.05, 0) is 12.1 Å². The molecule has 0 fully saturated rings. The van der Waals surface area contributed by atoms with Gasteiger partial charge in [-0.15, -0.1) is 6.58 Å². The van der Waals surface area contributed by atoms with Crippen molar-refractivity contribution >= 4 is 18.5 Å². The SMILES string of the molecule is C=CC[Si](C)(Cl)CC(F)C(F)F. The van der Waals surface area contributed by atoms with E-state index in [0.717, 1.165) is 0 Å². The quantitative estimate of drug-likeness (QED) is 0.374. The Balaban J connectivity index is 3.95. The van der Waals surface area contributed by atoms with Crippen LogP contribution in [0.3, 0.4) is 0 Å². The van der Waals surface area contributed by atoms with E-state index in [2.05, 4.69) is 6.58 Å². The first-order valence-corrected chi connectivity index (χ1v) is 7.53.